The second-order valence-corrected chi connectivity index (χ2v) is 9.47. The maximum absolute atomic E-state index is 13.4. The third-order valence-corrected chi connectivity index (χ3v) is 7.15. The average molecular weight is 541 g/mol. The van der Waals surface area contributed by atoms with Crippen LogP contribution in [0, 0.1) is 5.82 Å². The van der Waals surface area contributed by atoms with Crippen molar-refractivity contribution in [3.05, 3.63) is 83.9 Å². The van der Waals surface area contributed by atoms with Gasteiger partial charge in [0.05, 0.1) is 23.6 Å². The molecule has 1 aliphatic rings. The summed E-state index contributed by atoms with van der Waals surface area (Å²) in [6.07, 6.45) is 0. The second kappa shape index (κ2) is 10.9. The van der Waals surface area contributed by atoms with Gasteiger partial charge in [-0.05, 0) is 54.2 Å². The summed E-state index contributed by atoms with van der Waals surface area (Å²) < 4.78 is 15.0. The Morgan fingerprint density at radius 1 is 0.917 bits per heavy atom. The monoisotopic (exact) mass is 540 g/mol. The molecule has 4 aromatic rings. The fourth-order valence-electron chi connectivity index (χ4n) is 4.18. The molecular weight excluding hydrogens is 518 g/mol. The predicted molar refractivity (Wildman–Crippen MR) is 147 cm³/mol. The van der Waals surface area contributed by atoms with Crippen LogP contribution in [0.25, 0.3) is 22.3 Å². The lowest BCUT2D eigenvalue weighted by molar-refractivity contribution is 0.359. The molecule has 1 fully saturated rings. The van der Waals surface area contributed by atoms with Crippen LogP contribution in [0.4, 0.5) is 10.2 Å². The topological polar surface area (TPSA) is 48.4 Å². The summed E-state index contributed by atoms with van der Waals surface area (Å²) in [5.41, 5.74) is 4.04. The van der Waals surface area contributed by atoms with E-state index in [0.717, 1.165) is 22.6 Å². The summed E-state index contributed by atoms with van der Waals surface area (Å²) in [4.78, 5) is 18.4. The third-order valence-electron chi connectivity index (χ3n) is 6.05. The van der Waals surface area contributed by atoms with Crippen LogP contribution in [0.5, 0.6) is 0 Å². The summed E-state index contributed by atoms with van der Waals surface area (Å²) >= 11 is 18.3. The molecule has 2 aromatic carbocycles. The van der Waals surface area contributed by atoms with E-state index in [0.29, 0.717) is 54.7 Å². The van der Waals surface area contributed by atoms with Crippen molar-refractivity contribution in [2.24, 2.45) is 0 Å². The number of benzene rings is 2. The van der Waals surface area contributed by atoms with E-state index in [-0.39, 0.29) is 11.7 Å². The molecule has 0 unspecified atom stereocenters. The minimum absolute atomic E-state index is 0.202. The second-order valence-electron chi connectivity index (χ2n) is 8.43. The van der Waals surface area contributed by atoms with Crippen LogP contribution < -0.4 is 4.90 Å². The van der Waals surface area contributed by atoms with Gasteiger partial charge >= 0.3 is 0 Å². The maximum atomic E-state index is 13.4. The summed E-state index contributed by atoms with van der Waals surface area (Å²) in [6.45, 7) is 3.29. The van der Waals surface area contributed by atoms with Crippen molar-refractivity contribution in [3.8, 4) is 11.3 Å². The van der Waals surface area contributed by atoms with E-state index in [2.05, 4.69) is 14.8 Å². The quantitative estimate of drug-likeness (QED) is 0.184. The lowest BCUT2D eigenvalue weighted by Crippen LogP contribution is -2.51. The number of rotatable bonds is 5. The molecule has 1 aliphatic heterocycles. The Morgan fingerprint density at radius 3 is 2.33 bits per heavy atom. The Labute approximate surface area is 224 Å². The minimum atomic E-state index is -0.287. The first-order valence-electron chi connectivity index (χ1n) is 11.5. The standard InChI is InChI=1S/C26H23Cl2FN6S/c27-16-23-30-22-11-10-21(19-6-8-20(29)9-7-19)31-24(22)25(32-23)33-12-14-34(15-13-33)26(36)35(28)17-18-4-2-1-3-5-18/h1-11H,12-17H2. The van der Waals surface area contributed by atoms with Gasteiger partial charge in [-0.2, -0.15) is 0 Å². The Hall–Kier alpha value is -3.07. The molecule has 5 rings (SSSR count). The van der Waals surface area contributed by atoms with Gasteiger partial charge < -0.3 is 9.80 Å². The van der Waals surface area contributed by atoms with Gasteiger partial charge in [0.2, 0.25) is 0 Å². The van der Waals surface area contributed by atoms with Crippen molar-refractivity contribution >= 4 is 57.6 Å². The van der Waals surface area contributed by atoms with E-state index in [9.17, 15) is 4.39 Å². The van der Waals surface area contributed by atoms with Crippen molar-refractivity contribution in [2.45, 2.75) is 12.4 Å². The average Bonchev–Trinajstić information content (AvgIpc) is 2.93. The fraction of sp³-hybridized carbons (Fsp3) is 0.231. The summed E-state index contributed by atoms with van der Waals surface area (Å²) in [7, 11) is 0. The predicted octanol–water partition coefficient (Wildman–Crippen LogP) is 5.63. The zero-order valence-corrected chi connectivity index (χ0v) is 21.6. The lowest BCUT2D eigenvalue weighted by Gasteiger charge is -2.38. The third kappa shape index (κ3) is 5.36. The zero-order valence-electron chi connectivity index (χ0n) is 19.3. The van der Waals surface area contributed by atoms with Crippen LogP contribution >= 0.6 is 35.6 Å². The summed E-state index contributed by atoms with van der Waals surface area (Å²) in [6, 6.07) is 20.1. The van der Waals surface area contributed by atoms with Gasteiger partial charge in [-0.1, -0.05) is 30.3 Å². The molecule has 0 saturated carbocycles. The molecule has 0 atom stereocenters. The van der Waals surface area contributed by atoms with Gasteiger partial charge in [0.1, 0.15) is 17.2 Å². The van der Waals surface area contributed by atoms with E-state index >= 15 is 0 Å². The SMILES string of the molecule is Fc1ccc(-c2ccc3nc(CCl)nc(N4CCN(C(=S)N(Cl)Cc5ccccc5)CC4)c3n2)cc1. The number of hydrogen-bond donors (Lipinski definition) is 0. The number of alkyl halides is 1. The van der Waals surface area contributed by atoms with Crippen molar-refractivity contribution < 1.29 is 4.39 Å². The largest absolute Gasteiger partial charge is 0.351 e. The highest BCUT2D eigenvalue weighted by Gasteiger charge is 2.25. The first-order chi connectivity index (χ1) is 17.5. The Balaban J connectivity index is 1.36. The Morgan fingerprint density at radius 2 is 1.64 bits per heavy atom. The number of aromatic nitrogens is 3. The van der Waals surface area contributed by atoms with Crippen LogP contribution in [-0.2, 0) is 12.4 Å². The molecule has 1 saturated heterocycles. The molecule has 0 radical (unpaired) electrons. The highest BCUT2D eigenvalue weighted by Crippen LogP contribution is 2.28. The van der Waals surface area contributed by atoms with Crippen LogP contribution in [0.1, 0.15) is 11.4 Å². The van der Waals surface area contributed by atoms with Crippen LogP contribution in [0.3, 0.4) is 0 Å². The number of thiocarbonyl (C=S) groups is 1. The Bertz CT molecular complexity index is 1360. The van der Waals surface area contributed by atoms with Gasteiger partial charge in [-0.3, -0.25) is 4.42 Å². The molecule has 2 aromatic heterocycles. The Kier molecular flexibility index (Phi) is 7.46. The zero-order chi connectivity index (χ0) is 25.1. The minimum Gasteiger partial charge on any atom is -0.351 e. The highest BCUT2D eigenvalue weighted by molar-refractivity contribution is 7.80. The first kappa shape index (κ1) is 24.6. The number of hydrogen-bond acceptors (Lipinski definition) is 5. The number of halogens is 3. The molecule has 0 amide bonds. The molecule has 3 heterocycles. The van der Waals surface area contributed by atoms with E-state index < -0.39 is 0 Å². The molecule has 6 nitrogen and oxygen atoms in total. The highest BCUT2D eigenvalue weighted by atomic mass is 35.5. The van der Waals surface area contributed by atoms with E-state index in [1.54, 1.807) is 16.6 Å². The molecule has 0 bridgehead atoms. The van der Waals surface area contributed by atoms with Crippen molar-refractivity contribution in [1.29, 1.82) is 0 Å². The molecule has 0 N–H and O–H groups in total. The van der Waals surface area contributed by atoms with Crippen molar-refractivity contribution in [2.75, 3.05) is 31.1 Å². The molecule has 184 valence electrons. The van der Waals surface area contributed by atoms with E-state index in [1.807, 2.05) is 42.5 Å². The van der Waals surface area contributed by atoms with Gasteiger partial charge in [-0.15, -0.1) is 11.6 Å². The number of piperazine rings is 1. The van der Waals surface area contributed by atoms with Crippen LogP contribution in [0.15, 0.2) is 66.7 Å². The van der Waals surface area contributed by atoms with E-state index in [1.165, 1.54) is 12.1 Å². The number of anilines is 1. The maximum Gasteiger partial charge on any atom is 0.186 e. The van der Waals surface area contributed by atoms with Crippen molar-refractivity contribution in [1.82, 2.24) is 24.3 Å². The molecular formula is C26H23Cl2FN6S. The number of fused-ring (bicyclic) bond motifs is 1. The smallest absolute Gasteiger partial charge is 0.186 e. The molecule has 0 spiro atoms. The number of pyridine rings is 1. The summed E-state index contributed by atoms with van der Waals surface area (Å²) in [5, 5.41) is 0.603. The lowest BCUT2D eigenvalue weighted by atomic mass is 10.1. The van der Waals surface area contributed by atoms with Crippen molar-refractivity contribution in [3.63, 3.8) is 0 Å². The number of nitrogens with zero attached hydrogens (tertiary/aromatic N) is 6. The molecule has 10 heteroatoms. The molecule has 0 aliphatic carbocycles. The van der Waals surface area contributed by atoms with Crippen LogP contribution in [-0.4, -0.2) is 55.6 Å². The summed E-state index contributed by atoms with van der Waals surface area (Å²) in [5.74, 6) is 1.19. The van der Waals surface area contributed by atoms with E-state index in [4.69, 9.17) is 45.6 Å². The van der Waals surface area contributed by atoms with Gasteiger partial charge in [0, 0.05) is 43.5 Å². The van der Waals surface area contributed by atoms with Gasteiger partial charge in [0.15, 0.2) is 10.9 Å². The molecule has 36 heavy (non-hydrogen) atoms. The first-order valence-corrected chi connectivity index (χ1v) is 12.8. The normalized spacial score (nSPS) is 13.8. The van der Waals surface area contributed by atoms with Crippen LogP contribution in [0.2, 0.25) is 0 Å². The van der Waals surface area contributed by atoms with Gasteiger partial charge in [0.25, 0.3) is 0 Å². The van der Waals surface area contributed by atoms with Gasteiger partial charge in [-0.25, -0.2) is 19.3 Å². The fourth-order valence-corrected chi connectivity index (χ4v) is 4.79.